The van der Waals surface area contributed by atoms with Crippen molar-refractivity contribution in [1.82, 2.24) is 49.4 Å². The van der Waals surface area contributed by atoms with Crippen LogP contribution in [0.3, 0.4) is 0 Å². The second-order valence-electron chi connectivity index (χ2n) is 15.0. The number of nitrogens with zero attached hydrogens (tertiary/aromatic N) is 7. The second kappa shape index (κ2) is 18.2. The Morgan fingerprint density at radius 1 is 0.698 bits per heavy atom. The van der Waals surface area contributed by atoms with Crippen molar-refractivity contribution in [3.05, 3.63) is 92.3 Å². The fraction of sp³-hybridized carbons (Fsp3) is 0.579. The number of fused-ring (bicyclic) bond motifs is 2. The molecule has 14 nitrogen and oxygen atoms in total. The van der Waals surface area contributed by atoms with Gasteiger partial charge in [0.05, 0.1) is 12.4 Å². The van der Waals surface area contributed by atoms with Gasteiger partial charge in [0.25, 0.3) is 11.1 Å². The van der Waals surface area contributed by atoms with E-state index < -0.39 is 0 Å². The average Bonchev–Trinajstić information content (AvgIpc) is 3.94. The predicted molar refractivity (Wildman–Crippen MR) is 202 cm³/mol. The minimum Gasteiger partial charge on any atom is -0.412 e. The normalized spacial score (nSPS) is 23.2. The Labute approximate surface area is 323 Å². The van der Waals surface area contributed by atoms with E-state index in [4.69, 9.17) is 10.2 Å². The predicted octanol–water partition coefficient (Wildman–Crippen LogP) is 3.69. The van der Waals surface area contributed by atoms with Gasteiger partial charge in [-0.2, -0.15) is 10.2 Å². The van der Waals surface area contributed by atoms with Gasteiger partial charge in [0.15, 0.2) is 11.0 Å². The van der Waals surface area contributed by atoms with Crippen molar-refractivity contribution < 1.29 is 31.4 Å². The third-order valence-electron chi connectivity index (χ3n) is 11.5. The number of hydrogen-bond donors (Lipinski definition) is 3. The van der Waals surface area contributed by atoms with E-state index in [2.05, 4.69) is 74.3 Å². The third-order valence-corrected chi connectivity index (χ3v) is 11.5. The molecule has 1 aromatic carbocycles. The summed E-state index contributed by atoms with van der Waals surface area (Å²) in [6, 6.07) is 10.6. The first-order valence-corrected chi connectivity index (χ1v) is 18.4. The number of benzene rings is 1. The van der Waals surface area contributed by atoms with E-state index in [-0.39, 0.29) is 61.8 Å². The van der Waals surface area contributed by atoms with E-state index in [0.717, 1.165) is 81.7 Å². The molecule has 53 heavy (non-hydrogen) atoms. The average molecular weight is 823 g/mol. The summed E-state index contributed by atoms with van der Waals surface area (Å²) in [6.45, 7) is 9.17. The SMILES string of the molecule is C.CC1CN(Cc2ccccc2)CC1c1nn2c(C3CCCC3)ncc2c(=O)[nH]1.CC1CNCC1c1nn2c(C3CCCC3)ncc2c(=O)[nH]1.O.O.[Pd]. The number of nitrogens with one attached hydrogen (secondary N) is 3. The quantitative estimate of drug-likeness (QED) is 0.215. The molecule has 4 aromatic heterocycles. The summed E-state index contributed by atoms with van der Waals surface area (Å²) >= 11 is 0. The van der Waals surface area contributed by atoms with E-state index in [1.54, 1.807) is 16.9 Å². The maximum Gasteiger partial charge on any atom is 0.276 e. The molecule has 292 valence electrons. The molecule has 0 radical (unpaired) electrons. The van der Waals surface area contributed by atoms with Gasteiger partial charge in [-0.15, -0.1) is 0 Å². The van der Waals surface area contributed by atoms with E-state index >= 15 is 0 Å². The maximum atomic E-state index is 12.7. The standard InChI is InChI=1S/C22H27N5O.C15H21N5O.CH4.2H2O.Pd/c1-15-12-26(13-16-7-3-2-4-8-16)14-18(15)20-24-22(28)19-11-23-21(27(19)25-20)17-9-5-6-10-17;1-9-6-16-7-11(9)13-18-15(21)12-8-17-14(20(12)19-13)10-4-2-3-5-10;;;;/h2-4,7-8,11,15,17-18H,5-6,9-10,12-14H2,1H3,(H,24,25,28);8-11,16H,2-7H2,1H3,(H,18,19,21);1H4;2*1H2;. The number of rotatable bonds is 6. The summed E-state index contributed by atoms with van der Waals surface area (Å²) in [5.41, 5.74) is 2.31. The molecule has 0 spiro atoms. The Kier molecular flexibility index (Phi) is 14.5. The van der Waals surface area contributed by atoms with Gasteiger partial charge in [0.1, 0.15) is 23.3 Å². The maximum absolute atomic E-state index is 12.7. The van der Waals surface area contributed by atoms with Crippen LogP contribution in [0, 0.1) is 11.8 Å². The van der Waals surface area contributed by atoms with Crippen molar-refractivity contribution in [2.45, 2.75) is 103 Å². The van der Waals surface area contributed by atoms with Gasteiger partial charge in [-0.05, 0) is 49.6 Å². The van der Waals surface area contributed by atoms with Crippen LogP contribution in [0.2, 0.25) is 0 Å². The van der Waals surface area contributed by atoms with Crippen LogP contribution in [0.4, 0.5) is 0 Å². The van der Waals surface area contributed by atoms with Gasteiger partial charge >= 0.3 is 0 Å². The van der Waals surface area contributed by atoms with Crippen LogP contribution in [0.15, 0.2) is 52.3 Å². The smallest absolute Gasteiger partial charge is 0.276 e. The minimum absolute atomic E-state index is 0. The Morgan fingerprint density at radius 3 is 1.70 bits per heavy atom. The summed E-state index contributed by atoms with van der Waals surface area (Å²) in [5, 5.41) is 13.0. The summed E-state index contributed by atoms with van der Waals surface area (Å²) in [4.78, 5) is 42.5. The fourth-order valence-corrected chi connectivity index (χ4v) is 8.69. The molecule has 9 rings (SSSR count). The molecule has 6 heterocycles. The molecule has 2 aliphatic carbocycles. The zero-order valence-electron chi connectivity index (χ0n) is 30.0. The number of H-pyrrole nitrogens is 2. The van der Waals surface area contributed by atoms with Crippen molar-refractivity contribution in [3.63, 3.8) is 0 Å². The molecule has 5 aromatic rings. The van der Waals surface area contributed by atoms with Crippen LogP contribution in [-0.2, 0) is 27.0 Å². The first kappa shape index (κ1) is 42.2. The number of imidazole rings is 2. The Hall–Kier alpha value is -3.58. The van der Waals surface area contributed by atoms with E-state index in [1.807, 2.05) is 4.52 Å². The number of likely N-dealkylation sites (tertiary alicyclic amines) is 1. The molecule has 7 N–H and O–H groups in total. The molecule has 0 bridgehead atoms. The van der Waals surface area contributed by atoms with Gasteiger partial charge in [0.2, 0.25) is 0 Å². The molecule has 2 saturated heterocycles. The molecule has 4 atom stereocenters. The number of aromatic nitrogens is 8. The van der Waals surface area contributed by atoms with E-state index in [1.165, 1.54) is 31.2 Å². The topological polar surface area (TPSA) is 204 Å². The minimum atomic E-state index is -0.0737. The van der Waals surface area contributed by atoms with E-state index in [0.29, 0.717) is 34.7 Å². The molecule has 4 fully saturated rings. The van der Waals surface area contributed by atoms with Gasteiger partial charge in [-0.25, -0.2) is 19.0 Å². The number of aromatic amines is 2. The molecule has 0 amide bonds. The fourth-order valence-electron chi connectivity index (χ4n) is 8.69. The largest absolute Gasteiger partial charge is 0.412 e. The summed E-state index contributed by atoms with van der Waals surface area (Å²) in [5.74, 6) is 5.86. The summed E-state index contributed by atoms with van der Waals surface area (Å²) < 4.78 is 3.63. The van der Waals surface area contributed by atoms with Crippen LogP contribution in [-0.4, -0.2) is 81.2 Å². The Balaban J connectivity index is 0.000000227. The van der Waals surface area contributed by atoms with Crippen LogP contribution in [0.5, 0.6) is 0 Å². The van der Waals surface area contributed by atoms with Crippen molar-refractivity contribution in [3.8, 4) is 0 Å². The molecule has 4 unspecified atom stereocenters. The Bertz CT molecular complexity index is 2030. The summed E-state index contributed by atoms with van der Waals surface area (Å²) in [7, 11) is 0. The molecule has 2 aliphatic heterocycles. The molecular formula is C38H56N10O4Pd. The van der Waals surface area contributed by atoms with Crippen LogP contribution in [0.1, 0.15) is 125 Å². The Morgan fingerprint density at radius 2 is 1.21 bits per heavy atom. The van der Waals surface area contributed by atoms with Crippen LogP contribution >= 0.6 is 0 Å². The number of hydrogen-bond acceptors (Lipinski definition) is 8. The molecular weight excluding hydrogens is 767 g/mol. The molecule has 2 saturated carbocycles. The first-order valence-electron chi connectivity index (χ1n) is 18.4. The van der Waals surface area contributed by atoms with Gasteiger partial charge in [-0.3, -0.25) is 14.5 Å². The van der Waals surface area contributed by atoms with Crippen molar-refractivity contribution in [1.29, 1.82) is 0 Å². The van der Waals surface area contributed by atoms with Crippen LogP contribution < -0.4 is 16.4 Å². The van der Waals surface area contributed by atoms with Crippen molar-refractivity contribution in [2.24, 2.45) is 11.8 Å². The van der Waals surface area contributed by atoms with Gasteiger partial charge in [0, 0.05) is 70.3 Å². The van der Waals surface area contributed by atoms with Crippen LogP contribution in [0.25, 0.3) is 11.0 Å². The monoisotopic (exact) mass is 822 g/mol. The third kappa shape index (κ3) is 8.56. The first-order chi connectivity index (χ1) is 23.9. The van der Waals surface area contributed by atoms with Gasteiger partial charge in [-0.1, -0.05) is 77.3 Å². The van der Waals surface area contributed by atoms with Gasteiger partial charge < -0.3 is 26.2 Å². The zero-order chi connectivity index (χ0) is 33.5. The molecule has 4 aliphatic rings. The van der Waals surface area contributed by atoms with Crippen molar-refractivity contribution >= 4 is 11.0 Å². The van der Waals surface area contributed by atoms with E-state index in [9.17, 15) is 9.59 Å². The van der Waals surface area contributed by atoms with Crippen molar-refractivity contribution in [2.75, 3.05) is 26.2 Å². The molecule has 15 heteroatoms. The second-order valence-corrected chi connectivity index (χ2v) is 15.0. The zero-order valence-corrected chi connectivity index (χ0v) is 31.5. The summed E-state index contributed by atoms with van der Waals surface area (Å²) in [6.07, 6.45) is 12.9.